The number of urea groups is 1. The number of nitrogens with zero attached hydrogens (tertiary/aromatic N) is 1. The van der Waals surface area contributed by atoms with Crippen LogP contribution in [0.25, 0.3) is 6.08 Å². The molecule has 32 heavy (non-hydrogen) atoms. The molecule has 1 heterocycles. The van der Waals surface area contributed by atoms with Crippen LogP contribution in [0, 0.1) is 6.92 Å². The van der Waals surface area contributed by atoms with Gasteiger partial charge in [0.2, 0.25) is 0 Å². The molecule has 0 radical (unpaired) electrons. The fraction of sp³-hybridized carbons (Fsp3) is 0.0800. The number of amides is 4. The molecule has 0 aliphatic carbocycles. The number of carbonyl (C=O) groups excluding carboxylic acids is 3. The number of hydrogen-bond acceptors (Lipinski definition) is 4. The number of ether oxygens (including phenoxy) is 1. The first-order chi connectivity index (χ1) is 15.4. The molecule has 1 fully saturated rings. The molecule has 0 saturated carbocycles. The number of aryl methyl sites for hydroxylation is 1. The number of benzene rings is 3. The van der Waals surface area contributed by atoms with Crippen molar-refractivity contribution < 1.29 is 19.1 Å². The zero-order valence-corrected chi connectivity index (χ0v) is 17.9. The highest BCUT2D eigenvalue weighted by atomic mass is 35.5. The molecular formula is C25H19ClN2O4. The SMILES string of the molecule is Cc1ccc(N2C(=O)NC(=O)/C(=C\c3ccc(OCc4ccccc4Cl)cc3)C2=O)cc1. The summed E-state index contributed by atoms with van der Waals surface area (Å²) in [5.74, 6) is -0.799. The molecule has 1 aliphatic heterocycles. The number of anilines is 1. The maximum absolute atomic E-state index is 12.9. The van der Waals surface area contributed by atoms with Gasteiger partial charge in [-0.25, -0.2) is 9.69 Å². The van der Waals surface area contributed by atoms with Gasteiger partial charge in [0.05, 0.1) is 5.69 Å². The number of carbonyl (C=O) groups is 3. The van der Waals surface area contributed by atoms with Gasteiger partial charge in [-0.2, -0.15) is 0 Å². The van der Waals surface area contributed by atoms with E-state index in [0.717, 1.165) is 16.0 Å². The summed E-state index contributed by atoms with van der Waals surface area (Å²) in [6.07, 6.45) is 1.45. The molecule has 1 saturated heterocycles. The summed E-state index contributed by atoms with van der Waals surface area (Å²) in [5, 5.41) is 2.85. The third-order valence-electron chi connectivity index (χ3n) is 4.94. The van der Waals surface area contributed by atoms with E-state index in [-0.39, 0.29) is 5.57 Å². The third kappa shape index (κ3) is 4.55. The first-order valence-electron chi connectivity index (χ1n) is 9.87. The number of barbiturate groups is 1. The summed E-state index contributed by atoms with van der Waals surface area (Å²) in [4.78, 5) is 38.5. The normalized spacial score (nSPS) is 15.1. The summed E-state index contributed by atoms with van der Waals surface area (Å²) in [6.45, 7) is 2.22. The van der Waals surface area contributed by atoms with Crippen molar-refractivity contribution in [2.24, 2.45) is 0 Å². The topological polar surface area (TPSA) is 75.7 Å². The van der Waals surface area contributed by atoms with Crippen molar-refractivity contribution in [1.29, 1.82) is 0 Å². The van der Waals surface area contributed by atoms with Gasteiger partial charge in [0.15, 0.2) is 0 Å². The average Bonchev–Trinajstić information content (AvgIpc) is 2.78. The second kappa shape index (κ2) is 9.08. The van der Waals surface area contributed by atoms with Gasteiger partial charge in [0.25, 0.3) is 11.8 Å². The molecule has 4 amide bonds. The fourth-order valence-corrected chi connectivity index (χ4v) is 3.38. The Morgan fingerprint density at radius 2 is 1.62 bits per heavy atom. The minimum absolute atomic E-state index is 0.130. The fourth-order valence-electron chi connectivity index (χ4n) is 3.19. The third-order valence-corrected chi connectivity index (χ3v) is 5.31. The lowest BCUT2D eigenvalue weighted by Gasteiger charge is -2.26. The van der Waals surface area contributed by atoms with E-state index in [4.69, 9.17) is 16.3 Å². The van der Waals surface area contributed by atoms with Gasteiger partial charge in [-0.05, 0) is 48.9 Å². The first kappa shape index (κ1) is 21.3. The Labute approximate surface area is 190 Å². The van der Waals surface area contributed by atoms with E-state index in [2.05, 4.69) is 5.32 Å². The molecule has 4 rings (SSSR count). The van der Waals surface area contributed by atoms with Crippen LogP contribution in [-0.4, -0.2) is 17.8 Å². The molecule has 3 aromatic carbocycles. The quantitative estimate of drug-likeness (QED) is 0.447. The van der Waals surface area contributed by atoms with Crippen molar-refractivity contribution in [3.05, 3.63) is 100 Å². The molecule has 0 unspecified atom stereocenters. The number of nitrogens with one attached hydrogen (secondary N) is 1. The largest absolute Gasteiger partial charge is 0.489 e. The number of hydrogen-bond donors (Lipinski definition) is 1. The Morgan fingerprint density at radius 3 is 2.31 bits per heavy atom. The summed E-state index contributed by atoms with van der Waals surface area (Å²) >= 11 is 6.14. The first-order valence-corrected chi connectivity index (χ1v) is 10.2. The van der Waals surface area contributed by atoms with Crippen LogP contribution >= 0.6 is 11.6 Å². The van der Waals surface area contributed by atoms with E-state index in [0.29, 0.717) is 28.6 Å². The van der Waals surface area contributed by atoms with E-state index in [1.807, 2.05) is 25.1 Å². The van der Waals surface area contributed by atoms with Crippen LogP contribution in [0.1, 0.15) is 16.7 Å². The van der Waals surface area contributed by atoms with Crippen molar-refractivity contribution in [2.75, 3.05) is 4.90 Å². The molecule has 0 bridgehead atoms. The zero-order valence-electron chi connectivity index (χ0n) is 17.2. The molecule has 1 aliphatic rings. The predicted molar refractivity (Wildman–Crippen MR) is 122 cm³/mol. The van der Waals surface area contributed by atoms with Crippen LogP contribution in [-0.2, 0) is 16.2 Å². The minimum atomic E-state index is -0.774. The van der Waals surface area contributed by atoms with Gasteiger partial charge >= 0.3 is 6.03 Å². The van der Waals surface area contributed by atoms with Crippen LogP contribution in [0.5, 0.6) is 5.75 Å². The average molecular weight is 447 g/mol. The zero-order chi connectivity index (χ0) is 22.7. The Morgan fingerprint density at radius 1 is 0.938 bits per heavy atom. The van der Waals surface area contributed by atoms with Crippen molar-refractivity contribution in [3.63, 3.8) is 0 Å². The Bertz CT molecular complexity index is 1220. The number of rotatable bonds is 5. The van der Waals surface area contributed by atoms with Gasteiger partial charge < -0.3 is 4.74 Å². The molecule has 1 N–H and O–H groups in total. The van der Waals surface area contributed by atoms with Gasteiger partial charge in [-0.15, -0.1) is 0 Å². The Balaban J connectivity index is 1.52. The maximum atomic E-state index is 12.9. The minimum Gasteiger partial charge on any atom is -0.489 e. The predicted octanol–water partition coefficient (Wildman–Crippen LogP) is 4.89. The molecule has 0 spiro atoms. The summed E-state index contributed by atoms with van der Waals surface area (Å²) < 4.78 is 5.75. The molecule has 6 nitrogen and oxygen atoms in total. The highest BCUT2D eigenvalue weighted by molar-refractivity contribution is 6.39. The highest BCUT2D eigenvalue weighted by Gasteiger charge is 2.36. The molecule has 7 heteroatoms. The van der Waals surface area contributed by atoms with E-state index in [1.54, 1.807) is 54.6 Å². The standard InChI is InChI=1S/C25H19ClN2O4/c1-16-6-10-19(11-7-16)28-24(30)21(23(29)27-25(28)31)14-17-8-12-20(13-9-17)32-15-18-4-2-3-5-22(18)26/h2-14H,15H2,1H3,(H,27,29,31)/b21-14+. The van der Waals surface area contributed by atoms with Gasteiger partial charge in [-0.3, -0.25) is 14.9 Å². The van der Waals surface area contributed by atoms with Crippen LogP contribution in [0.3, 0.4) is 0 Å². The molecule has 0 aromatic heterocycles. The van der Waals surface area contributed by atoms with Gasteiger partial charge in [-0.1, -0.05) is 59.6 Å². The van der Waals surface area contributed by atoms with E-state index in [1.165, 1.54) is 6.08 Å². The molecule has 0 atom stereocenters. The van der Waals surface area contributed by atoms with E-state index < -0.39 is 17.8 Å². The summed E-state index contributed by atoms with van der Waals surface area (Å²) in [5.41, 5.74) is 2.73. The monoisotopic (exact) mass is 446 g/mol. The Hall–Kier alpha value is -3.90. The molecular weight excluding hydrogens is 428 g/mol. The maximum Gasteiger partial charge on any atom is 0.335 e. The summed E-state index contributed by atoms with van der Waals surface area (Å²) in [7, 11) is 0. The van der Waals surface area contributed by atoms with Crippen LogP contribution in [0.15, 0.2) is 78.4 Å². The van der Waals surface area contributed by atoms with E-state index in [9.17, 15) is 14.4 Å². The van der Waals surface area contributed by atoms with Crippen molar-refractivity contribution in [1.82, 2.24) is 5.32 Å². The second-order valence-corrected chi connectivity index (χ2v) is 7.65. The lowest BCUT2D eigenvalue weighted by atomic mass is 10.1. The van der Waals surface area contributed by atoms with Crippen LogP contribution in [0.2, 0.25) is 5.02 Å². The van der Waals surface area contributed by atoms with Crippen LogP contribution < -0.4 is 15.0 Å². The summed E-state index contributed by atoms with van der Waals surface area (Å²) in [6, 6.07) is 20.5. The van der Waals surface area contributed by atoms with Crippen LogP contribution in [0.4, 0.5) is 10.5 Å². The van der Waals surface area contributed by atoms with E-state index >= 15 is 0 Å². The number of halogens is 1. The highest BCUT2D eigenvalue weighted by Crippen LogP contribution is 2.23. The second-order valence-electron chi connectivity index (χ2n) is 7.24. The lowest BCUT2D eigenvalue weighted by molar-refractivity contribution is -0.122. The van der Waals surface area contributed by atoms with Crippen molar-refractivity contribution in [3.8, 4) is 5.75 Å². The van der Waals surface area contributed by atoms with Gasteiger partial charge in [0, 0.05) is 10.6 Å². The molecule has 160 valence electrons. The van der Waals surface area contributed by atoms with Crippen molar-refractivity contribution in [2.45, 2.75) is 13.5 Å². The Kier molecular flexibility index (Phi) is 6.05. The van der Waals surface area contributed by atoms with Crippen molar-refractivity contribution >= 4 is 41.2 Å². The number of imide groups is 2. The molecule has 3 aromatic rings. The smallest absolute Gasteiger partial charge is 0.335 e. The lowest BCUT2D eigenvalue weighted by Crippen LogP contribution is -2.54. The van der Waals surface area contributed by atoms with Gasteiger partial charge in [0.1, 0.15) is 17.9 Å².